The molecule has 0 spiro atoms. The Labute approximate surface area is 108 Å². The van der Waals surface area contributed by atoms with E-state index in [1.54, 1.807) is 6.92 Å². The molecular weight excluding hydrogens is 261 g/mol. The van der Waals surface area contributed by atoms with Crippen molar-refractivity contribution in [2.75, 3.05) is 6.61 Å². The number of rotatable bonds is 3. The highest BCUT2D eigenvalue weighted by Crippen LogP contribution is 2.30. The van der Waals surface area contributed by atoms with Crippen molar-refractivity contribution in [3.63, 3.8) is 0 Å². The molecule has 0 saturated carbocycles. The minimum Gasteiger partial charge on any atom is -0.435 e. The van der Waals surface area contributed by atoms with Gasteiger partial charge < -0.3 is 9.47 Å². The van der Waals surface area contributed by atoms with Crippen LogP contribution in [0.25, 0.3) is 0 Å². The number of benzene rings is 1. The van der Waals surface area contributed by atoms with E-state index >= 15 is 0 Å². The average molecular weight is 272 g/mol. The maximum atomic E-state index is 12.4. The van der Waals surface area contributed by atoms with E-state index in [0.29, 0.717) is 0 Å². The summed E-state index contributed by atoms with van der Waals surface area (Å²) < 4.78 is 46.4. The molecule has 0 aliphatic carbocycles. The second kappa shape index (κ2) is 6.14. The van der Waals surface area contributed by atoms with Gasteiger partial charge in [-0.3, -0.25) is 0 Å². The van der Waals surface area contributed by atoms with Gasteiger partial charge in [0.2, 0.25) is 0 Å². The van der Waals surface area contributed by atoms with Crippen molar-refractivity contribution in [2.45, 2.75) is 19.2 Å². The van der Waals surface area contributed by atoms with Gasteiger partial charge >= 0.3 is 12.3 Å². The molecule has 0 aromatic heterocycles. The van der Waals surface area contributed by atoms with Crippen LogP contribution >= 0.6 is 0 Å². The van der Waals surface area contributed by atoms with E-state index in [9.17, 15) is 18.0 Å². The molecule has 6 heteroatoms. The van der Waals surface area contributed by atoms with E-state index in [0.717, 1.165) is 24.3 Å². The Morgan fingerprint density at radius 3 is 2.37 bits per heavy atom. The van der Waals surface area contributed by atoms with Crippen LogP contribution in [0, 0.1) is 12.3 Å². The molecule has 1 unspecified atom stereocenters. The zero-order chi connectivity index (χ0) is 14.5. The van der Waals surface area contributed by atoms with Crippen LogP contribution < -0.4 is 0 Å². The van der Waals surface area contributed by atoms with Crippen molar-refractivity contribution in [3.05, 3.63) is 35.4 Å². The van der Waals surface area contributed by atoms with Crippen molar-refractivity contribution in [2.24, 2.45) is 0 Å². The number of halogens is 3. The van der Waals surface area contributed by atoms with Gasteiger partial charge in [0.15, 0.2) is 6.10 Å². The van der Waals surface area contributed by atoms with Crippen LogP contribution in [0.5, 0.6) is 0 Å². The van der Waals surface area contributed by atoms with Crippen molar-refractivity contribution in [1.82, 2.24) is 0 Å². The molecule has 3 nitrogen and oxygen atoms in total. The van der Waals surface area contributed by atoms with E-state index in [-0.39, 0.29) is 12.2 Å². The smallest absolute Gasteiger partial charge is 0.435 e. The predicted octanol–water partition coefficient (Wildman–Crippen LogP) is 3.55. The van der Waals surface area contributed by atoms with Crippen molar-refractivity contribution in [3.8, 4) is 12.3 Å². The topological polar surface area (TPSA) is 35.5 Å². The van der Waals surface area contributed by atoms with Crippen LogP contribution in [-0.4, -0.2) is 12.8 Å². The normalized spacial score (nSPS) is 12.4. The molecule has 0 N–H and O–H groups in total. The van der Waals surface area contributed by atoms with Gasteiger partial charge in [0.25, 0.3) is 0 Å². The van der Waals surface area contributed by atoms with Crippen LogP contribution in [0.15, 0.2) is 24.3 Å². The van der Waals surface area contributed by atoms with Gasteiger partial charge in [-0.05, 0) is 19.1 Å². The Morgan fingerprint density at radius 1 is 1.37 bits per heavy atom. The van der Waals surface area contributed by atoms with Gasteiger partial charge in [-0.15, -0.1) is 6.42 Å². The summed E-state index contributed by atoms with van der Waals surface area (Å²) in [5.74, 6) is 2.16. The molecule has 0 amide bonds. The average Bonchev–Trinajstić information content (AvgIpc) is 2.35. The molecule has 1 aromatic carbocycles. The molecule has 0 aliphatic heterocycles. The van der Waals surface area contributed by atoms with E-state index in [1.807, 2.05) is 0 Å². The first kappa shape index (κ1) is 14.9. The summed E-state index contributed by atoms with van der Waals surface area (Å²) >= 11 is 0. The van der Waals surface area contributed by atoms with Gasteiger partial charge in [0.05, 0.1) is 12.2 Å². The Kier molecular flexibility index (Phi) is 4.81. The van der Waals surface area contributed by atoms with Crippen LogP contribution in [0.4, 0.5) is 18.0 Å². The molecule has 1 aromatic rings. The lowest BCUT2D eigenvalue weighted by Gasteiger charge is -2.13. The number of ether oxygens (including phenoxy) is 2. The number of hydrogen-bond acceptors (Lipinski definition) is 3. The minimum absolute atomic E-state index is 0.114. The molecule has 0 aliphatic rings. The van der Waals surface area contributed by atoms with Gasteiger partial charge in [-0.2, -0.15) is 13.2 Å². The third kappa shape index (κ3) is 4.21. The zero-order valence-corrected chi connectivity index (χ0v) is 10.0. The van der Waals surface area contributed by atoms with Crippen molar-refractivity contribution in [1.29, 1.82) is 0 Å². The van der Waals surface area contributed by atoms with E-state index in [2.05, 4.69) is 10.7 Å². The molecule has 0 bridgehead atoms. The number of carbonyl (C=O) groups is 1. The van der Waals surface area contributed by atoms with Crippen molar-refractivity contribution < 1.29 is 27.4 Å². The summed E-state index contributed by atoms with van der Waals surface area (Å²) in [5.41, 5.74) is -0.535. The Morgan fingerprint density at radius 2 is 1.95 bits per heavy atom. The Hall–Kier alpha value is -2.16. The van der Waals surface area contributed by atoms with Crippen LogP contribution in [-0.2, 0) is 15.7 Å². The standard InChI is InChI=1S/C13H11F3O3/c1-3-11(19-12(17)18-4-2)9-5-7-10(8-6-9)13(14,15)16/h1,5-8,11H,4H2,2H3. The van der Waals surface area contributed by atoms with Crippen molar-refractivity contribution >= 4 is 6.16 Å². The van der Waals surface area contributed by atoms with Gasteiger partial charge in [0.1, 0.15) is 0 Å². The predicted molar refractivity (Wildman–Crippen MR) is 61.1 cm³/mol. The highest BCUT2D eigenvalue weighted by molar-refractivity contribution is 5.60. The molecule has 0 radical (unpaired) electrons. The third-order valence-electron chi connectivity index (χ3n) is 2.17. The van der Waals surface area contributed by atoms with E-state index < -0.39 is 24.0 Å². The molecule has 0 saturated heterocycles. The molecule has 0 fully saturated rings. The lowest BCUT2D eigenvalue weighted by Crippen LogP contribution is -2.12. The molecule has 0 heterocycles. The SMILES string of the molecule is C#CC(OC(=O)OCC)c1ccc(C(F)(F)F)cc1. The summed E-state index contributed by atoms with van der Waals surface area (Å²) in [6.07, 6.45) is -1.31. The zero-order valence-electron chi connectivity index (χ0n) is 10.0. The fraction of sp³-hybridized carbons (Fsp3) is 0.308. The van der Waals surface area contributed by atoms with Gasteiger partial charge in [0, 0.05) is 5.56 Å². The van der Waals surface area contributed by atoms with Crippen LogP contribution in [0.2, 0.25) is 0 Å². The van der Waals surface area contributed by atoms with Crippen LogP contribution in [0.1, 0.15) is 24.2 Å². The number of alkyl halides is 3. The van der Waals surface area contributed by atoms with Gasteiger partial charge in [-0.25, -0.2) is 4.79 Å². The molecule has 1 atom stereocenters. The summed E-state index contributed by atoms with van der Waals surface area (Å²) in [7, 11) is 0. The monoisotopic (exact) mass is 272 g/mol. The van der Waals surface area contributed by atoms with E-state index in [4.69, 9.17) is 11.2 Å². The lowest BCUT2D eigenvalue weighted by atomic mass is 10.1. The quantitative estimate of drug-likeness (QED) is 0.623. The Balaban J connectivity index is 2.83. The first-order valence-corrected chi connectivity index (χ1v) is 5.35. The van der Waals surface area contributed by atoms with Crippen LogP contribution in [0.3, 0.4) is 0 Å². The molecule has 1 rings (SSSR count). The number of hydrogen-bond donors (Lipinski definition) is 0. The Bertz CT molecular complexity index is 471. The fourth-order valence-electron chi connectivity index (χ4n) is 1.29. The minimum atomic E-state index is -4.42. The summed E-state index contributed by atoms with van der Waals surface area (Å²) in [5, 5.41) is 0. The second-order valence-corrected chi connectivity index (χ2v) is 3.47. The molecule has 102 valence electrons. The second-order valence-electron chi connectivity index (χ2n) is 3.47. The first-order chi connectivity index (χ1) is 8.88. The first-order valence-electron chi connectivity index (χ1n) is 5.35. The number of terminal acetylenes is 1. The third-order valence-corrected chi connectivity index (χ3v) is 2.17. The molecule has 19 heavy (non-hydrogen) atoms. The number of carbonyl (C=O) groups excluding carboxylic acids is 1. The fourth-order valence-corrected chi connectivity index (χ4v) is 1.29. The van der Waals surface area contributed by atoms with E-state index in [1.165, 1.54) is 0 Å². The summed E-state index contributed by atoms with van der Waals surface area (Å²) in [6.45, 7) is 1.70. The lowest BCUT2D eigenvalue weighted by molar-refractivity contribution is -0.137. The maximum absolute atomic E-state index is 12.4. The highest BCUT2D eigenvalue weighted by atomic mass is 19.4. The maximum Gasteiger partial charge on any atom is 0.509 e. The highest BCUT2D eigenvalue weighted by Gasteiger charge is 2.30. The van der Waals surface area contributed by atoms with Gasteiger partial charge in [-0.1, -0.05) is 18.1 Å². The largest absolute Gasteiger partial charge is 0.509 e. The summed E-state index contributed by atoms with van der Waals surface area (Å²) in [4.78, 5) is 11.1. The summed E-state index contributed by atoms with van der Waals surface area (Å²) in [6, 6.07) is 4.06. The molecular formula is C13H11F3O3.